The summed E-state index contributed by atoms with van der Waals surface area (Å²) >= 11 is 0. The van der Waals surface area contributed by atoms with Gasteiger partial charge in [0.25, 0.3) is 11.6 Å². The van der Waals surface area contributed by atoms with Crippen molar-refractivity contribution in [3.8, 4) is 0 Å². The van der Waals surface area contributed by atoms with Crippen LogP contribution in [-0.2, 0) is 0 Å². The second-order valence-corrected chi connectivity index (χ2v) is 6.71. The average molecular weight is 348 g/mol. The summed E-state index contributed by atoms with van der Waals surface area (Å²) in [5.74, 6) is 0.177. The number of amides is 1. The molecular weight excluding hydrogens is 332 g/mol. The first-order chi connectivity index (χ1) is 12.6. The number of rotatable bonds is 3. The molecule has 1 aliphatic carbocycles. The number of hydrogen-bond acceptors (Lipinski definition) is 6. The standard InChI is InChI=1S/C18H16N6O2/c1-8-12-5-11(7-19-16(12)23-22-8)20-17(25)13-6-14(10-3-4-10)21-18-15(13)9(2)24-26-18/h5-7,10H,3-4H2,1-2H3,(H,20,25)(H,19,22,23). The molecule has 0 atom stereocenters. The minimum absolute atomic E-state index is 0.229. The number of carbonyl (C=O) groups excluding carboxylic acids is 1. The van der Waals surface area contributed by atoms with Crippen LogP contribution < -0.4 is 5.32 Å². The van der Waals surface area contributed by atoms with E-state index in [1.807, 2.05) is 26.0 Å². The molecule has 1 fully saturated rings. The highest BCUT2D eigenvalue weighted by Gasteiger charge is 2.28. The second kappa shape index (κ2) is 5.35. The summed E-state index contributed by atoms with van der Waals surface area (Å²) < 4.78 is 5.31. The third-order valence-corrected chi connectivity index (χ3v) is 4.74. The van der Waals surface area contributed by atoms with E-state index >= 15 is 0 Å². The van der Waals surface area contributed by atoms with Crippen LogP contribution in [0.2, 0.25) is 0 Å². The van der Waals surface area contributed by atoms with E-state index in [1.54, 1.807) is 6.20 Å². The van der Waals surface area contributed by atoms with Gasteiger partial charge in [-0.05, 0) is 38.8 Å². The summed E-state index contributed by atoms with van der Waals surface area (Å²) in [6.45, 7) is 3.72. The van der Waals surface area contributed by atoms with Crippen molar-refractivity contribution in [3.63, 3.8) is 0 Å². The zero-order chi connectivity index (χ0) is 17.8. The van der Waals surface area contributed by atoms with Gasteiger partial charge in [0.15, 0.2) is 5.65 Å². The van der Waals surface area contributed by atoms with Crippen molar-refractivity contribution in [2.45, 2.75) is 32.6 Å². The van der Waals surface area contributed by atoms with Crippen LogP contribution in [0.5, 0.6) is 0 Å². The summed E-state index contributed by atoms with van der Waals surface area (Å²) in [6.07, 6.45) is 3.78. The van der Waals surface area contributed by atoms with Gasteiger partial charge in [0, 0.05) is 22.7 Å². The summed E-state index contributed by atoms with van der Waals surface area (Å²) in [4.78, 5) is 21.8. The van der Waals surface area contributed by atoms with E-state index in [-0.39, 0.29) is 5.91 Å². The number of H-pyrrole nitrogens is 1. The number of aromatic nitrogens is 5. The third-order valence-electron chi connectivity index (χ3n) is 4.74. The molecule has 0 bridgehead atoms. The van der Waals surface area contributed by atoms with Crippen molar-refractivity contribution in [2.24, 2.45) is 0 Å². The van der Waals surface area contributed by atoms with Gasteiger partial charge in [0.05, 0.1) is 28.5 Å². The molecule has 5 rings (SSSR count). The van der Waals surface area contributed by atoms with Gasteiger partial charge in [0.1, 0.15) is 0 Å². The first kappa shape index (κ1) is 15.0. The van der Waals surface area contributed by atoms with Gasteiger partial charge in [-0.15, -0.1) is 0 Å². The number of pyridine rings is 2. The molecule has 0 saturated heterocycles. The Balaban J connectivity index is 1.56. The predicted octanol–water partition coefficient (Wildman–Crippen LogP) is 3.24. The van der Waals surface area contributed by atoms with Crippen molar-refractivity contribution in [1.82, 2.24) is 25.3 Å². The lowest BCUT2D eigenvalue weighted by Crippen LogP contribution is -2.13. The quantitative estimate of drug-likeness (QED) is 0.588. The lowest BCUT2D eigenvalue weighted by Gasteiger charge is -2.08. The van der Waals surface area contributed by atoms with Crippen LogP contribution in [0, 0.1) is 13.8 Å². The fourth-order valence-electron chi connectivity index (χ4n) is 3.17. The van der Waals surface area contributed by atoms with E-state index in [1.165, 1.54) is 0 Å². The van der Waals surface area contributed by atoms with Gasteiger partial charge in [-0.2, -0.15) is 5.10 Å². The molecule has 4 heterocycles. The molecule has 0 unspecified atom stereocenters. The number of aromatic amines is 1. The van der Waals surface area contributed by atoms with E-state index in [0.29, 0.717) is 39.6 Å². The largest absolute Gasteiger partial charge is 0.336 e. The number of nitrogens with one attached hydrogen (secondary N) is 2. The highest BCUT2D eigenvalue weighted by Crippen LogP contribution is 2.40. The number of anilines is 1. The van der Waals surface area contributed by atoms with Gasteiger partial charge < -0.3 is 9.84 Å². The molecule has 26 heavy (non-hydrogen) atoms. The van der Waals surface area contributed by atoms with Crippen molar-refractivity contribution in [2.75, 3.05) is 5.32 Å². The molecule has 1 aliphatic rings. The van der Waals surface area contributed by atoms with E-state index in [9.17, 15) is 4.79 Å². The van der Waals surface area contributed by atoms with E-state index in [0.717, 1.165) is 29.6 Å². The molecule has 1 amide bonds. The first-order valence-corrected chi connectivity index (χ1v) is 8.49. The molecular formula is C18H16N6O2. The van der Waals surface area contributed by atoms with Crippen molar-refractivity contribution in [3.05, 3.63) is 41.0 Å². The number of hydrogen-bond donors (Lipinski definition) is 2. The molecule has 2 N–H and O–H groups in total. The molecule has 0 spiro atoms. The van der Waals surface area contributed by atoms with Crippen LogP contribution in [0.1, 0.15) is 46.2 Å². The van der Waals surface area contributed by atoms with Gasteiger partial charge in [-0.25, -0.2) is 9.97 Å². The molecule has 130 valence electrons. The molecule has 0 radical (unpaired) electrons. The smallest absolute Gasteiger partial charge is 0.259 e. The number of fused-ring (bicyclic) bond motifs is 2. The maximum Gasteiger partial charge on any atom is 0.259 e. The maximum atomic E-state index is 13.0. The Morgan fingerprint density at radius 2 is 2.15 bits per heavy atom. The van der Waals surface area contributed by atoms with Crippen LogP contribution in [-0.4, -0.2) is 31.2 Å². The summed E-state index contributed by atoms with van der Waals surface area (Å²) in [7, 11) is 0. The normalized spacial score (nSPS) is 14.2. The molecule has 0 aromatic carbocycles. The highest BCUT2D eigenvalue weighted by atomic mass is 16.5. The number of nitrogens with zero attached hydrogens (tertiary/aromatic N) is 4. The van der Waals surface area contributed by atoms with Crippen LogP contribution in [0.4, 0.5) is 5.69 Å². The van der Waals surface area contributed by atoms with Crippen molar-refractivity contribution in [1.29, 1.82) is 0 Å². The van der Waals surface area contributed by atoms with Crippen LogP contribution >= 0.6 is 0 Å². The maximum absolute atomic E-state index is 13.0. The summed E-state index contributed by atoms with van der Waals surface area (Å²) in [6, 6.07) is 3.72. The Morgan fingerprint density at radius 3 is 2.96 bits per heavy atom. The predicted molar refractivity (Wildman–Crippen MR) is 95.1 cm³/mol. The highest BCUT2D eigenvalue weighted by molar-refractivity contribution is 6.12. The van der Waals surface area contributed by atoms with Crippen LogP contribution in [0.15, 0.2) is 22.9 Å². The molecule has 8 heteroatoms. The Bertz CT molecular complexity index is 1170. The van der Waals surface area contributed by atoms with E-state index < -0.39 is 0 Å². The van der Waals surface area contributed by atoms with Gasteiger partial charge >= 0.3 is 0 Å². The molecule has 4 aromatic heterocycles. The lowest BCUT2D eigenvalue weighted by molar-refractivity contribution is 0.102. The fourth-order valence-corrected chi connectivity index (χ4v) is 3.17. The van der Waals surface area contributed by atoms with E-state index in [2.05, 4.69) is 30.6 Å². The van der Waals surface area contributed by atoms with Gasteiger partial charge in [0.2, 0.25) is 0 Å². The van der Waals surface area contributed by atoms with Gasteiger partial charge in [-0.3, -0.25) is 9.89 Å². The molecule has 4 aromatic rings. The SMILES string of the molecule is Cc1[nH]nc2ncc(NC(=O)c3cc(C4CC4)nc4onc(C)c34)cc12. The van der Waals surface area contributed by atoms with E-state index in [4.69, 9.17) is 4.52 Å². The summed E-state index contributed by atoms with van der Waals surface area (Å²) in [5.41, 5.74) is 4.62. The Hall–Kier alpha value is -3.29. The van der Waals surface area contributed by atoms with Crippen molar-refractivity contribution >= 4 is 33.7 Å². The Morgan fingerprint density at radius 1 is 1.31 bits per heavy atom. The number of carbonyl (C=O) groups is 1. The fraction of sp³-hybridized carbons (Fsp3) is 0.278. The first-order valence-electron chi connectivity index (χ1n) is 8.49. The second-order valence-electron chi connectivity index (χ2n) is 6.71. The minimum atomic E-state index is -0.229. The molecule has 0 aliphatic heterocycles. The molecule has 8 nitrogen and oxygen atoms in total. The third kappa shape index (κ3) is 2.33. The Labute approximate surface area is 148 Å². The monoisotopic (exact) mass is 348 g/mol. The van der Waals surface area contributed by atoms with Gasteiger partial charge in [-0.1, -0.05) is 5.16 Å². The van der Waals surface area contributed by atoms with Crippen molar-refractivity contribution < 1.29 is 9.32 Å². The lowest BCUT2D eigenvalue weighted by atomic mass is 10.1. The molecule has 1 saturated carbocycles. The summed E-state index contributed by atoms with van der Waals surface area (Å²) in [5, 5.41) is 15.4. The Kier molecular flexibility index (Phi) is 3.09. The van der Waals surface area contributed by atoms with Crippen LogP contribution in [0.3, 0.4) is 0 Å². The zero-order valence-electron chi connectivity index (χ0n) is 14.3. The average Bonchev–Trinajstić information content (AvgIpc) is 3.34. The minimum Gasteiger partial charge on any atom is -0.336 e. The number of aryl methyl sites for hydroxylation is 2. The topological polar surface area (TPSA) is 110 Å². The van der Waals surface area contributed by atoms with Crippen LogP contribution in [0.25, 0.3) is 22.1 Å². The zero-order valence-corrected chi connectivity index (χ0v) is 14.3.